The van der Waals surface area contributed by atoms with Crippen molar-refractivity contribution in [2.24, 2.45) is 0 Å². The van der Waals surface area contributed by atoms with Gasteiger partial charge in [-0.25, -0.2) is 8.42 Å². The Morgan fingerprint density at radius 1 is 1.03 bits per heavy atom. The molecule has 0 saturated heterocycles. The van der Waals surface area contributed by atoms with Gasteiger partial charge in [0.25, 0.3) is 10.0 Å². The Balaban J connectivity index is 1.78. The molecule has 2 N–H and O–H groups in total. The lowest BCUT2D eigenvalue weighted by atomic mass is 10.0. The molecule has 1 heterocycles. The molecule has 1 aliphatic rings. The summed E-state index contributed by atoms with van der Waals surface area (Å²) in [5, 5.41) is 2.73. The monoisotopic (exact) mass is 429 g/mol. The fraction of sp³-hybridized carbons (Fsp3) is 0.364. The second-order valence-corrected chi connectivity index (χ2v) is 8.96. The molecular formula is C22H27N3O4S. The summed E-state index contributed by atoms with van der Waals surface area (Å²) in [6, 6.07) is 11.3. The van der Waals surface area contributed by atoms with Crippen LogP contribution in [0.4, 0.5) is 17.1 Å². The van der Waals surface area contributed by atoms with E-state index in [2.05, 4.69) is 10.0 Å². The van der Waals surface area contributed by atoms with Gasteiger partial charge in [0, 0.05) is 30.8 Å². The van der Waals surface area contributed by atoms with E-state index >= 15 is 0 Å². The molecule has 3 rings (SSSR count). The number of hydrogen-bond donors (Lipinski definition) is 2. The second-order valence-electron chi connectivity index (χ2n) is 7.27. The summed E-state index contributed by atoms with van der Waals surface area (Å²) in [5.41, 5.74) is 2.76. The topological polar surface area (TPSA) is 95.6 Å². The smallest absolute Gasteiger partial charge is 0.261 e. The number of fused-ring (bicyclic) bond motifs is 1. The Morgan fingerprint density at radius 3 is 2.40 bits per heavy atom. The van der Waals surface area contributed by atoms with E-state index in [1.54, 1.807) is 29.2 Å². The first kappa shape index (κ1) is 21.8. The largest absolute Gasteiger partial charge is 0.326 e. The first-order valence-corrected chi connectivity index (χ1v) is 11.7. The number of sulfonamides is 1. The minimum absolute atomic E-state index is 0.0247. The van der Waals surface area contributed by atoms with Crippen LogP contribution in [0.2, 0.25) is 0 Å². The van der Waals surface area contributed by atoms with Crippen LogP contribution >= 0.6 is 0 Å². The lowest BCUT2D eigenvalue weighted by molar-refractivity contribution is -0.118. The SMILES string of the molecule is CCCC(=O)Nc1ccc(S(=O)(=O)Nc2ccc3c(c2)N(C(=O)CC)CCC3)cc1. The van der Waals surface area contributed by atoms with E-state index in [0.717, 1.165) is 30.5 Å². The van der Waals surface area contributed by atoms with Crippen molar-refractivity contribution >= 4 is 38.9 Å². The Hall–Kier alpha value is -2.87. The van der Waals surface area contributed by atoms with Crippen LogP contribution in [0.25, 0.3) is 0 Å². The van der Waals surface area contributed by atoms with Crippen LogP contribution in [0.3, 0.4) is 0 Å². The fourth-order valence-electron chi connectivity index (χ4n) is 3.47. The van der Waals surface area contributed by atoms with E-state index in [1.807, 2.05) is 19.9 Å². The highest BCUT2D eigenvalue weighted by Gasteiger charge is 2.23. The molecule has 7 nitrogen and oxygen atoms in total. The van der Waals surface area contributed by atoms with Gasteiger partial charge >= 0.3 is 0 Å². The normalized spacial score (nSPS) is 13.5. The summed E-state index contributed by atoms with van der Waals surface area (Å²) in [4.78, 5) is 25.8. The van der Waals surface area contributed by atoms with Crippen LogP contribution in [-0.2, 0) is 26.0 Å². The minimum atomic E-state index is -3.80. The van der Waals surface area contributed by atoms with Gasteiger partial charge < -0.3 is 10.2 Å². The highest BCUT2D eigenvalue weighted by Crippen LogP contribution is 2.31. The molecule has 0 bridgehead atoms. The van der Waals surface area contributed by atoms with Gasteiger partial charge in [-0.1, -0.05) is 19.9 Å². The van der Waals surface area contributed by atoms with Gasteiger partial charge in [-0.15, -0.1) is 0 Å². The highest BCUT2D eigenvalue weighted by atomic mass is 32.2. The summed E-state index contributed by atoms with van der Waals surface area (Å²) >= 11 is 0. The maximum atomic E-state index is 12.8. The number of nitrogens with zero attached hydrogens (tertiary/aromatic N) is 1. The van der Waals surface area contributed by atoms with Gasteiger partial charge in [-0.3, -0.25) is 14.3 Å². The Labute approximate surface area is 177 Å². The summed E-state index contributed by atoms with van der Waals surface area (Å²) in [6.45, 7) is 4.37. The number of aryl methyl sites for hydroxylation is 1. The highest BCUT2D eigenvalue weighted by molar-refractivity contribution is 7.92. The molecule has 2 aromatic rings. The Bertz CT molecular complexity index is 1030. The molecule has 2 aromatic carbocycles. The second kappa shape index (κ2) is 9.30. The van der Waals surface area contributed by atoms with Crippen LogP contribution in [0.15, 0.2) is 47.4 Å². The number of anilines is 3. The predicted molar refractivity (Wildman–Crippen MR) is 118 cm³/mol. The molecule has 0 saturated carbocycles. The van der Waals surface area contributed by atoms with Gasteiger partial charge in [0.1, 0.15) is 0 Å². The average molecular weight is 430 g/mol. The summed E-state index contributed by atoms with van der Waals surface area (Å²) < 4.78 is 28.2. The van der Waals surface area contributed by atoms with Crippen LogP contribution in [0.5, 0.6) is 0 Å². The van der Waals surface area contributed by atoms with Crippen molar-refractivity contribution in [2.75, 3.05) is 21.5 Å². The molecule has 0 fully saturated rings. The van der Waals surface area contributed by atoms with Gasteiger partial charge in [0.05, 0.1) is 10.6 Å². The molecule has 30 heavy (non-hydrogen) atoms. The van der Waals surface area contributed by atoms with Crippen molar-refractivity contribution in [1.29, 1.82) is 0 Å². The maximum Gasteiger partial charge on any atom is 0.261 e. The van der Waals surface area contributed by atoms with Crippen molar-refractivity contribution in [3.8, 4) is 0 Å². The zero-order chi connectivity index (χ0) is 21.7. The molecule has 0 unspecified atom stereocenters. The van der Waals surface area contributed by atoms with E-state index in [4.69, 9.17) is 0 Å². The fourth-order valence-corrected chi connectivity index (χ4v) is 4.52. The third-order valence-corrected chi connectivity index (χ3v) is 6.38. The number of carbonyl (C=O) groups is 2. The molecule has 1 aliphatic heterocycles. The van der Waals surface area contributed by atoms with E-state index in [1.165, 1.54) is 12.1 Å². The summed E-state index contributed by atoms with van der Waals surface area (Å²) in [5.74, 6) is -0.0804. The Kier molecular flexibility index (Phi) is 6.77. The third kappa shape index (κ3) is 4.99. The van der Waals surface area contributed by atoms with Gasteiger partial charge in [0.2, 0.25) is 11.8 Å². The lowest BCUT2D eigenvalue weighted by Crippen LogP contribution is -2.35. The molecule has 0 radical (unpaired) electrons. The molecule has 0 aromatic heterocycles. The van der Waals surface area contributed by atoms with Crippen molar-refractivity contribution in [1.82, 2.24) is 0 Å². The average Bonchev–Trinajstić information content (AvgIpc) is 2.73. The first-order chi connectivity index (χ1) is 14.3. The van der Waals surface area contributed by atoms with Crippen molar-refractivity contribution < 1.29 is 18.0 Å². The molecule has 0 aliphatic carbocycles. The standard InChI is InChI=1S/C22H27N3O4S/c1-3-6-21(26)23-17-10-12-19(13-11-17)30(28,29)24-18-9-8-16-7-5-14-25(20(16)15-18)22(27)4-2/h8-13,15,24H,3-7,14H2,1-2H3,(H,23,26). The van der Waals surface area contributed by atoms with E-state index in [-0.39, 0.29) is 16.7 Å². The molecule has 0 atom stereocenters. The van der Waals surface area contributed by atoms with Gasteiger partial charge in [-0.2, -0.15) is 0 Å². The zero-order valence-electron chi connectivity index (χ0n) is 17.3. The first-order valence-electron chi connectivity index (χ1n) is 10.2. The zero-order valence-corrected chi connectivity index (χ0v) is 18.1. The lowest BCUT2D eigenvalue weighted by Gasteiger charge is -2.29. The molecule has 8 heteroatoms. The number of benzene rings is 2. The number of nitrogens with one attached hydrogen (secondary N) is 2. The number of rotatable bonds is 7. The number of hydrogen-bond acceptors (Lipinski definition) is 4. The maximum absolute atomic E-state index is 12.8. The van der Waals surface area contributed by atoms with Crippen LogP contribution in [0.1, 0.15) is 45.1 Å². The van der Waals surface area contributed by atoms with Gasteiger partial charge in [-0.05, 0) is 61.2 Å². The molecule has 2 amide bonds. The van der Waals surface area contributed by atoms with E-state index in [9.17, 15) is 18.0 Å². The summed E-state index contributed by atoms with van der Waals surface area (Å²) in [7, 11) is -3.80. The predicted octanol–water partition coefficient (Wildman–Crippen LogP) is 3.92. The van der Waals surface area contributed by atoms with Crippen molar-refractivity contribution in [3.63, 3.8) is 0 Å². The van der Waals surface area contributed by atoms with Crippen LogP contribution in [-0.4, -0.2) is 26.8 Å². The molecule has 160 valence electrons. The van der Waals surface area contributed by atoms with E-state index in [0.29, 0.717) is 30.8 Å². The van der Waals surface area contributed by atoms with Crippen molar-refractivity contribution in [2.45, 2.75) is 50.8 Å². The Morgan fingerprint density at radius 2 is 1.73 bits per heavy atom. The molecular weight excluding hydrogens is 402 g/mol. The minimum Gasteiger partial charge on any atom is -0.326 e. The third-order valence-electron chi connectivity index (χ3n) is 4.99. The van der Waals surface area contributed by atoms with Gasteiger partial charge in [0.15, 0.2) is 0 Å². The van der Waals surface area contributed by atoms with E-state index < -0.39 is 10.0 Å². The summed E-state index contributed by atoms with van der Waals surface area (Å²) in [6.07, 6.45) is 3.31. The quantitative estimate of drug-likeness (QED) is 0.697. The van der Waals surface area contributed by atoms with Crippen LogP contribution in [0, 0.1) is 0 Å². The van der Waals surface area contributed by atoms with Crippen molar-refractivity contribution in [3.05, 3.63) is 48.0 Å². The number of carbonyl (C=O) groups excluding carboxylic acids is 2. The number of amides is 2. The molecule has 0 spiro atoms. The van der Waals surface area contributed by atoms with Crippen LogP contribution < -0.4 is 14.9 Å².